The van der Waals surface area contributed by atoms with E-state index in [4.69, 9.17) is 0 Å². The number of carbonyl (C=O) groups is 1. The summed E-state index contributed by atoms with van der Waals surface area (Å²) in [5.41, 5.74) is 0.803. The highest BCUT2D eigenvalue weighted by Crippen LogP contribution is 2.15. The number of carbonyl (C=O) groups excluding carboxylic acids is 1. The van der Waals surface area contributed by atoms with Crippen LogP contribution in [0.15, 0.2) is 59.5 Å². The van der Waals surface area contributed by atoms with Crippen molar-refractivity contribution >= 4 is 15.9 Å². The number of sulfonamides is 1. The summed E-state index contributed by atoms with van der Waals surface area (Å²) in [6.45, 7) is 3.87. The fraction of sp³-hybridized carbons (Fsp3) is 0.350. The molecule has 0 spiro atoms. The average Bonchev–Trinajstić information content (AvgIpc) is 2.62. The third-order valence-corrected chi connectivity index (χ3v) is 5.64. The topological polar surface area (TPSA) is 75.3 Å². The number of amides is 1. The molecule has 2 aromatic carbocycles. The summed E-state index contributed by atoms with van der Waals surface area (Å²) in [5, 5.41) is 2.83. The van der Waals surface area contributed by atoms with Gasteiger partial charge in [-0.1, -0.05) is 55.8 Å². The number of hydrogen-bond donors (Lipinski definition) is 2. The standard InChI is InChI=1S/C20H25FN2O3S/c1-3-9-15(2)22-20(24)18(14-16-10-5-4-6-11-16)23-27(25,26)19-13-8-7-12-17(19)21/h4-8,10-13,15,18,23H,3,9,14H2,1-2H3,(H,22,24). The monoisotopic (exact) mass is 392 g/mol. The van der Waals surface area contributed by atoms with Crippen molar-refractivity contribution in [2.45, 2.75) is 50.1 Å². The Kier molecular flexibility index (Phi) is 7.50. The first-order valence-electron chi connectivity index (χ1n) is 8.94. The Balaban J connectivity index is 2.26. The van der Waals surface area contributed by atoms with Crippen molar-refractivity contribution in [1.29, 1.82) is 0 Å². The van der Waals surface area contributed by atoms with Crippen LogP contribution in [-0.2, 0) is 21.2 Å². The molecule has 0 aliphatic heterocycles. The van der Waals surface area contributed by atoms with E-state index in [1.54, 1.807) is 0 Å². The summed E-state index contributed by atoms with van der Waals surface area (Å²) < 4.78 is 41.6. The van der Waals surface area contributed by atoms with Gasteiger partial charge in [-0.05, 0) is 37.5 Å². The predicted molar refractivity (Wildman–Crippen MR) is 103 cm³/mol. The van der Waals surface area contributed by atoms with Gasteiger partial charge in [-0.25, -0.2) is 12.8 Å². The molecule has 27 heavy (non-hydrogen) atoms. The lowest BCUT2D eigenvalue weighted by atomic mass is 10.1. The smallest absolute Gasteiger partial charge is 0.244 e. The molecule has 0 radical (unpaired) electrons. The van der Waals surface area contributed by atoms with Gasteiger partial charge in [0, 0.05) is 6.04 Å². The number of rotatable bonds is 9. The van der Waals surface area contributed by atoms with E-state index in [2.05, 4.69) is 10.0 Å². The maximum absolute atomic E-state index is 14.0. The molecule has 0 saturated heterocycles. The second kappa shape index (κ2) is 9.62. The van der Waals surface area contributed by atoms with E-state index in [9.17, 15) is 17.6 Å². The number of halogens is 1. The molecule has 1 amide bonds. The Morgan fingerprint density at radius 2 is 1.70 bits per heavy atom. The van der Waals surface area contributed by atoms with Crippen LogP contribution >= 0.6 is 0 Å². The van der Waals surface area contributed by atoms with Gasteiger partial charge in [-0.3, -0.25) is 4.79 Å². The zero-order valence-corrected chi connectivity index (χ0v) is 16.3. The van der Waals surface area contributed by atoms with Crippen molar-refractivity contribution in [3.8, 4) is 0 Å². The molecular weight excluding hydrogens is 367 g/mol. The normalized spacial score (nSPS) is 13.7. The van der Waals surface area contributed by atoms with Crippen molar-refractivity contribution in [3.63, 3.8) is 0 Å². The summed E-state index contributed by atoms with van der Waals surface area (Å²) in [4.78, 5) is 12.2. The molecule has 2 N–H and O–H groups in total. The minimum atomic E-state index is -4.19. The zero-order valence-electron chi connectivity index (χ0n) is 15.5. The van der Waals surface area contributed by atoms with E-state index in [0.29, 0.717) is 0 Å². The van der Waals surface area contributed by atoms with Crippen molar-refractivity contribution in [2.75, 3.05) is 0 Å². The first-order chi connectivity index (χ1) is 12.8. The highest BCUT2D eigenvalue weighted by molar-refractivity contribution is 7.89. The maximum Gasteiger partial charge on any atom is 0.244 e. The van der Waals surface area contributed by atoms with Crippen LogP contribution in [0.4, 0.5) is 4.39 Å². The van der Waals surface area contributed by atoms with Crippen LogP contribution in [0, 0.1) is 5.82 Å². The Morgan fingerprint density at radius 3 is 2.33 bits per heavy atom. The molecule has 0 heterocycles. The fourth-order valence-electron chi connectivity index (χ4n) is 2.80. The second-order valence-corrected chi connectivity index (χ2v) is 8.17. The van der Waals surface area contributed by atoms with Gasteiger partial charge in [0.25, 0.3) is 0 Å². The van der Waals surface area contributed by atoms with E-state index >= 15 is 0 Å². The largest absolute Gasteiger partial charge is 0.352 e. The summed E-state index contributed by atoms with van der Waals surface area (Å²) >= 11 is 0. The molecule has 0 fully saturated rings. The molecule has 2 unspecified atom stereocenters. The van der Waals surface area contributed by atoms with Gasteiger partial charge in [-0.15, -0.1) is 0 Å². The lowest BCUT2D eigenvalue weighted by molar-refractivity contribution is -0.123. The van der Waals surface area contributed by atoms with E-state index in [-0.39, 0.29) is 12.5 Å². The predicted octanol–water partition coefficient (Wildman–Crippen LogP) is 3.02. The quantitative estimate of drug-likeness (QED) is 0.689. The molecule has 0 aliphatic carbocycles. The van der Waals surface area contributed by atoms with Gasteiger partial charge in [-0.2, -0.15) is 4.72 Å². The third kappa shape index (κ3) is 6.15. The Hall–Kier alpha value is -2.25. The highest BCUT2D eigenvalue weighted by atomic mass is 32.2. The third-order valence-electron chi connectivity index (χ3n) is 4.13. The van der Waals surface area contributed by atoms with Crippen molar-refractivity contribution in [1.82, 2.24) is 10.0 Å². The number of benzene rings is 2. The minimum Gasteiger partial charge on any atom is -0.352 e. The van der Waals surface area contributed by atoms with Gasteiger partial charge in [0.2, 0.25) is 15.9 Å². The summed E-state index contributed by atoms with van der Waals surface area (Å²) in [6.07, 6.45) is 1.84. The van der Waals surface area contributed by atoms with Crippen LogP contribution < -0.4 is 10.0 Å². The first-order valence-corrected chi connectivity index (χ1v) is 10.4. The van der Waals surface area contributed by atoms with Crippen LogP contribution in [0.1, 0.15) is 32.3 Å². The molecule has 0 aliphatic rings. The van der Waals surface area contributed by atoms with Crippen LogP contribution in [0.5, 0.6) is 0 Å². The van der Waals surface area contributed by atoms with E-state index < -0.39 is 32.7 Å². The van der Waals surface area contributed by atoms with Gasteiger partial charge in [0.05, 0.1) is 0 Å². The Labute approximate surface area is 160 Å². The highest BCUT2D eigenvalue weighted by Gasteiger charge is 2.28. The molecule has 0 aromatic heterocycles. The summed E-state index contributed by atoms with van der Waals surface area (Å²) in [5.74, 6) is -1.29. The lowest BCUT2D eigenvalue weighted by Gasteiger charge is -2.21. The van der Waals surface area contributed by atoms with Crippen LogP contribution in [0.25, 0.3) is 0 Å². The van der Waals surface area contributed by atoms with Crippen LogP contribution in [-0.4, -0.2) is 26.4 Å². The molecule has 146 valence electrons. The van der Waals surface area contributed by atoms with E-state index in [1.807, 2.05) is 44.2 Å². The minimum absolute atomic E-state index is 0.0845. The van der Waals surface area contributed by atoms with Gasteiger partial charge < -0.3 is 5.32 Å². The summed E-state index contributed by atoms with van der Waals surface area (Å²) in [7, 11) is -4.19. The van der Waals surface area contributed by atoms with Crippen molar-refractivity contribution in [2.24, 2.45) is 0 Å². The van der Waals surface area contributed by atoms with Crippen LogP contribution in [0.2, 0.25) is 0 Å². The van der Waals surface area contributed by atoms with E-state index in [0.717, 1.165) is 24.5 Å². The molecule has 5 nitrogen and oxygen atoms in total. The Morgan fingerprint density at radius 1 is 1.07 bits per heavy atom. The lowest BCUT2D eigenvalue weighted by Crippen LogP contribution is -2.50. The van der Waals surface area contributed by atoms with E-state index in [1.165, 1.54) is 18.2 Å². The first kappa shape index (κ1) is 21.1. The SMILES string of the molecule is CCCC(C)NC(=O)C(Cc1ccccc1)NS(=O)(=O)c1ccccc1F. The molecule has 2 rings (SSSR count). The molecule has 7 heteroatoms. The molecule has 2 aromatic rings. The maximum atomic E-state index is 14.0. The molecule has 0 saturated carbocycles. The fourth-order valence-corrected chi connectivity index (χ4v) is 4.07. The average molecular weight is 392 g/mol. The van der Waals surface area contributed by atoms with Crippen LogP contribution in [0.3, 0.4) is 0 Å². The van der Waals surface area contributed by atoms with Gasteiger partial charge in [0.1, 0.15) is 16.8 Å². The van der Waals surface area contributed by atoms with Crippen molar-refractivity contribution in [3.05, 3.63) is 66.0 Å². The zero-order chi connectivity index (χ0) is 19.9. The number of hydrogen-bond acceptors (Lipinski definition) is 3. The van der Waals surface area contributed by atoms with Gasteiger partial charge >= 0.3 is 0 Å². The Bertz CT molecular complexity index is 857. The molecule has 2 atom stereocenters. The summed E-state index contributed by atoms with van der Waals surface area (Å²) in [6, 6.07) is 13.1. The van der Waals surface area contributed by atoms with Gasteiger partial charge in [0.15, 0.2) is 0 Å². The molecule has 0 bridgehead atoms. The van der Waals surface area contributed by atoms with Crippen molar-refractivity contribution < 1.29 is 17.6 Å². The second-order valence-electron chi connectivity index (χ2n) is 6.49. The number of nitrogens with one attached hydrogen (secondary N) is 2. The molecular formula is C20H25FN2O3S.